The molecule has 0 bridgehead atoms. The molecule has 1 aliphatic rings. The Morgan fingerprint density at radius 2 is 2.67 bits per heavy atom. The van der Waals surface area contributed by atoms with Crippen LogP contribution in [0.4, 0.5) is 4.79 Å². The first-order valence-electron chi connectivity index (χ1n) is 2.87. The van der Waals surface area contributed by atoms with E-state index in [2.05, 4.69) is 10.1 Å². The monoisotopic (exact) mass is 131 g/mol. The van der Waals surface area contributed by atoms with Crippen molar-refractivity contribution < 1.29 is 14.6 Å². The maximum atomic E-state index is 10.3. The highest BCUT2D eigenvalue weighted by Gasteiger charge is 2.20. The number of carbonyl (C=O) groups is 1. The second-order valence-corrected chi connectivity index (χ2v) is 1.95. The molecule has 9 heavy (non-hydrogen) atoms. The van der Waals surface area contributed by atoms with E-state index in [1.54, 1.807) is 0 Å². The van der Waals surface area contributed by atoms with Gasteiger partial charge in [-0.1, -0.05) is 0 Å². The smallest absolute Gasteiger partial charge is 0.407 e. The van der Waals surface area contributed by atoms with Gasteiger partial charge in [-0.05, 0) is 6.42 Å². The molecule has 52 valence electrons. The molecule has 1 atom stereocenters. The molecular formula is C5H9NO3. The molecule has 1 heterocycles. The van der Waals surface area contributed by atoms with Gasteiger partial charge in [-0.2, -0.15) is 0 Å². The van der Waals surface area contributed by atoms with Crippen LogP contribution in [0.15, 0.2) is 0 Å². The van der Waals surface area contributed by atoms with E-state index in [0.29, 0.717) is 13.0 Å². The minimum absolute atomic E-state index is 0.0162. The fraction of sp³-hybridized carbons (Fsp3) is 0.800. The van der Waals surface area contributed by atoms with Crippen LogP contribution in [0.25, 0.3) is 0 Å². The number of hydrogen-bond acceptors (Lipinski definition) is 3. The molecule has 2 N–H and O–H groups in total. The molecule has 0 saturated carbocycles. The number of rotatable bonds is 2. The zero-order valence-electron chi connectivity index (χ0n) is 4.96. The van der Waals surface area contributed by atoms with E-state index < -0.39 is 0 Å². The average molecular weight is 131 g/mol. The summed E-state index contributed by atoms with van der Waals surface area (Å²) in [7, 11) is 0. The third kappa shape index (κ3) is 1.57. The molecule has 1 aliphatic heterocycles. The molecular weight excluding hydrogens is 122 g/mol. The molecule has 0 spiro atoms. The second kappa shape index (κ2) is 2.68. The molecule has 4 heteroatoms. The molecule has 1 saturated heterocycles. The van der Waals surface area contributed by atoms with Crippen molar-refractivity contribution in [2.45, 2.75) is 12.5 Å². The molecule has 0 aliphatic carbocycles. The maximum absolute atomic E-state index is 10.3. The highest BCUT2D eigenvalue weighted by Crippen LogP contribution is 1.99. The van der Waals surface area contributed by atoms with Crippen molar-refractivity contribution in [3.05, 3.63) is 0 Å². The summed E-state index contributed by atoms with van der Waals surface area (Å²) in [5.74, 6) is 0. The Morgan fingerprint density at radius 3 is 3.11 bits per heavy atom. The second-order valence-electron chi connectivity index (χ2n) is 1.95. The number of carbonyl (C=O) groups excluding carboxylic acids is 1. The summed E-state index contributed by atoms with van der Waals surface area (Å²) >= 11 is 0. The largest absolute Gasteiger partial charge is 0.447 e. The highest BCUT2D eigenvalue weighted by atomic mass is 16.6. The lowest BCUT2D eigenvalue weighted by Crippen LogP contribution is -2.26. The summed E-state index contributed by atoms with van der Waals surface area (Å²) < 4.78 is 4.56. The van der Waals surface area contributed by atoms with Crippen LogP contribution in [-0.4, -0.2) is 30.5 Å². The van der Waals surface area contributed by atoms with E-state index in [-0.39, 0.29) is 18.7 Å². The van der Waals surface area contributed by atoms with Crippen molar-refractivity contribution in [3.63, 3.8) is 0 Å². The third-order valence-corrected chi connectivity index (χ3v) is 1.22. The normalized spacial score (nSPS) is 25.4. The zero-order valence-corrected chi connectivity index (χ0v) is 4.96. The molecule has 0 aromatic rings. The highest BCUT2D eigenvalue weighted by molar-refractivity contribution is 5.69. The molecule has 0 radical (unpaired) electrons. The number of hydrogen-bond donors (Lipinski definition) is 2. The Morgan fingerprint density at radius 1 is 1.89 bits per heavy atom. The summed E-state index contributed by atoms with van der Waals surface area (Å²) in [6, 6.07) is 0.0162. The van der Waals surface area contributed by atoms with Gasteiger partial charge in [-0.15, -0.1) is 0 Å². The van der Waals surface area contributed by atoms with Gasteiger partial charge in [-0.3, -0.25) is 0 Å². The van der Waals surface area contributed by atoms with E-state index in [1.165, 1.54) is 0 Å². The summed E-state index contributed by atoms with van der Waals surface area (Å²) in [5.41, 5.74) is 0. The van der Waals surface area contributed by atoms with Gasteiger partial charge in [0.15, 0.2) is 0 Å². The van der Waals surface area contributed by atoms with Crippen molar-refractivity contribution >= 4 is 6.09 Å². The molecule has 0 aromatic carbocycles. The van der Waals surface area contributed by atoms with E-state index >= 15 is 0 Å². The van der Waals surface area contributed by atoms with Gasteiger partial charge in [0.2, 0.25) is 0 Å². The Balaban J connectivity index is 2.22. The van der Waals surface area contributed by atoms with Crippen LogP contribution in [-0.2, 0) is 4.74 Å². The van der Waals surface area contributed by atoms with Gasteiger partial charge in [0, 0.05) is 6.61 Å². The first-order valence-corrected chi connectivity index (χ1v) is 2.87. The summed E-state index contributed by atoms with van der Waals surface area (Å²) in [6.45, 7) is 0.480. The van der Waals surface area contributed by atoms with E-state index in [0.717, 1.165) is 0 Å². The number of cyclic esters (lactones) is 1. The van der Waals surface area contributed by atoms with Gasteiger partial charge in [0.05, 0.1) is 6.04 Å². The number of aliphatic hydroxyl groups is 1. The van der Waals surface area contributed by atoms with Gasteiger partial charge < -0.3 is 15.2 Å². The Kier molecular flexibility index (Phi) is 1.89. The molecule has 4 nitrogen and oxygen atoms in total. The Hall–Kier alpha value is -0.770. The van der Waals surface area contributed by atoms with Crippen molar-refractivity contribution in [2.75, 3.05) is 13.2 Å². The van der Waals surface area contributed by atoms with Gasteiger partial charge in [0.25, 0.3) is 0 Å². The minimum Gasteiger partial charge on any atom is -0.447 e. The SMILES string of the molecule is O=C1N[C@H](CCO)CO1. The molecule has 0 unspecified atom stereocenters. The average Bonchev–Trinajstić information content (AvgIpc) is 2.17. The van der Waals surface area contributed by atoms with Crippen LogP contribution < -0.4 is 5.32 Å². The molecule has 1 rings (SSSR count). The van der Waals surface area contributed by atoms with Gasteiger partial charge in [-0.25, -0.2) is 4.79 Å². The van der Waals surface area contributed by atoms with Crippen LogP contribution in [0.1, 0.15) is 6.42 Å². The first-order chi connectivity index (χ1) is 4.33. The van der Waals surface area contributed by atoms with Crippen LogP contribution in [0.2, 0.25) is 0 Å². The van der Waals surface area contributed by atoms with Crippen LogP contribution in [0.5, 0.6) is 0 Å². The van der Waals surface area contributed by atoms with E-state index in [9.17, 15) is 4.79 Å². The van der Waals surface area contributed by atoms with Crippen molar-refractivity contribution in [1.82, 2.24) is 5.32 Å². The first kappa shape index (κ1) is 6.35. The van der Waals surface area contributed by atoms with Gasteiger partial charge >= 0.3 is 6.09 Å². The topological polar surface area (TPSA) is 58.6 Å². The molecule has 1 fully saturated rings. The number of alkyl carbamates (subject to hydrolysis) is 1. The predicted molar refractivity (Wildman–Crippen MR) is 30.0 cm³/mol. The number of amides is 1. The lowest BCUT2D eigenvalue weighted by molar-refractivity contribution is 0.175. The summed E-state index contributed by atoms with van der Waals surface area (Å²) in [5, 5.41) is 10.9. The summed E-state index contributed by atoms with van der Waals surface area (Å²) in [6.07, 6.45) is 0.194. The Labute approximate surface area is 52.8 Å². The fourth-order valence-electron chi connectivity index (χ4n) is 0.738. The van der Waals surface area contributed by atoms with Gasteiger partial charge in [0.1, 0.15) is 6.61 Å². The number of nitrogens with one attached hydrogen (secondary N) is 1. The lowest BCUT2D eigenvalue weighted by Gasteiger charge is -2.01. The quantitative estimate of drug-likeness (QED) is 0.530. The van der Waals surface area contributed by atoms with Crippen molar-refractivity contribution in [2.24, 2.45) is 0 Å². The van der Waals surface area contributed by atoms with E-state index in [4.69, 9.17) is 5.11 Å². The molecule has 0 aromatic heterocycles. The number of aliphatic hydroxyl groups excluding tert-OH is 1. The van der Waals surface area contributed by atoms with Crippen molar-refractivity contribution in [1.29, 1.82) is 0 Å². The Bertz CT molecular complexity index is 115. The standard InChI is InChI=1S/C5H9NO3/c7-2-1-4-3-9-5(8)6-4/h4,7H,1-3H2,(H,6,8)/t4-/m1/s1. The zero-order chi connectivity index (χ0) is 6.69. The summed E-state index contributed by atoms with van der Waals surface area (Å²) in [4.78, 5) is 10.3. The fourth-order valence-corrected chi connectivity index (χ4v) is 0.738. The molecule has 1 amide bonds. The number of ether oxygens (including phenoxy) is 1. The van der Waals surface area contributed by atoms with Crippen LogP contribution >= 0.6 is 0 Å². The van der Waals surface area contributed by atoms with E-state index in [1.807, 2.05) is 0 Å². The van der Waals surface area contributed by atoms with Crippen LogP contribution in [0.3, 0.4) is 0 Å². The van der Waals surface area contributed by atoms with Crippen LogP contribution in [0, 0.1) is 0 Å². The third-order valence-electron chi connectivity index (χ3n) is 1.22. The predicted octanol–water partition coefficient (Wildman–Crippen LogP) is -0.523. The lowest BCUT2D eigenvalue weighted by atomic mass is 10.2. The minimum atomic E-state index is -0.381. The maximum Gasteiger partial charge on any atom is 0.407 e. The van der Waals surface area contributed by atoms with Crippen molar-refractivity contribution in [3.8, 4) is 0 Å².